The number of nitrogens with zero attached hydrogens (tertiary/aromatic N) is 1. The lowest BCUT2D eigenvalue weighted by Crippen LogP contribution is -2.08. The maximum Gasteiger partial charge on any atom is 0.0410 e. The highest BCUT2D eigenvalue weighted by atomic mass is 79.9. The number of pyridine rings is 1. The first-order chi connectivity index (χ1) is 6.22. The Morgan fingerprint density at radius 1 is 1.62 bits per heavy atom. The van der Waals surface area contributed by atoms with Crippen molar-refractivity contribution in [1.29, 1.82) is 0 Å². The van der Waals surface area contributed by atoms with Gasteiger partial charge in [-0.25, -0.2) is 0 Å². The second-order valence-corrected chi connectivity index (χ2v) is 3.87. The number of aromatic nitrogens is 1. The molecule has 0 aromatic carbocycles. The zero-order valence-corrected chi connectivity index (χ0v) is 9.43. The van der Waals surface area contributed by atoms with Gasteiger partial charge in [0.1, 0.15) is 0 Å². The molecule has 1 rings (SSSR count). The van der Waals surface area contributed by atoms with Crippen LogP contribution in [0.3, 0.4) is 0 Å². The molecule has 0 unspecified atom stereocenters. The predicted molar refractivity (Wildman–Crippen MR) is 59.5 cm³/mol. The molecule has 2 nitrogen and oxygen atoms in total. The maximum absolute atomic E-state index is 4.09. The fourth-order valence-corrected chi connectivity index (χ4v) is 1.50. The Labute approximate surface area is 87.2 Å². The fourth-order valence-electron chi connectivity index (χ4n) is 1.12. The molecule has 0 saturated carbocycles. The number of rotatable bonds is 3. The first-order valence-electron chi connectivity index (χ1n) is 4.14. The van der Waals surface area contributed by atoms with E-state index in [1.807, 2.05) is 19.3 Å². The van der Waals surface area contributed by atoms with Gasteiger partial charge in [-0.2, -0.15) is 0 Å². The van der Waals surface area contributed by atoms with Crippen molar-refractivity contribution in [1.82, 2.24) is 10.3 Å². The van der Waals surface area contributed by atoms with Gasteiger partial charge in [-0.1, -0.05) is 11.6 Å². The zero-order chi connectivity index (χ0) is 9.68. The average molecular weight is 241 g/mol. The van der Waals surface area contributed by atoms with Gasteiger partial charge in [-0.05, 0) is 41.5 Å². The summed E-state index contributed by atoms with van der Waals surface area (Å²) in [6.45, 7) is 3.00. The third-order valence-corrected chi connectivity index (χ3v) is 2.03. The molecule has 0 spiro atoms. The van der Waals surface area contributed by atoms with Crippen LogP contribution in [0.15, 0.2) is 28.5 Å². The maximum atomic E-state index is 4.09. The summed E-state index contributed by atoms with van der Waals surface area (Å²) in [6.07, 6.45) is 5.75. The molecule has 1 heterocycles. The normalized spacial score (nSPS) is 11.8. The summed E-state index contributed by atoms with van der Waals surface area (Å²) >= 11 is 3.38. The third-order valence-electron chi connectivity index (χ3n) is 1.59. The first kappa shape index (κ1) is 10.4. The quantitative estimate of drug-likeness (QED) is 0.879. The van der Waals surface area contributed by atoms with E-state index in [1.165, 1.54) is 5.57 Å². The minimum Gasteiger partial charge on any atom is -0.316 e. The van der Waals surface area contributed by atoms with Gasteiger partial charge >= 0.3 is 0 Å². The zero-order valence-electron chi connectivity index (χ0n) is 7.84. The summed E-state index contributed by atoms with van der Waals surface area (Å²) in [5.41, 5.74) is 2.42. The lowest BCUT2D eigenvalue weighted by atomic mass is 10.2. The molecular weight excluding hydrogens is 228 g/mol. The molecule has 1 aromatic rings. The summed E-state index contributed by atoms with van der Waals surface area (Å²) in [5.74, 6) is 0. The van der Waals surface area contributed by atoms with Crippen LogP contribution in [0.5, 0.6) is 0 Å². The molecule has 0 radical (unpaired) electrons. The van der Waals surface area contributed by atoms with Crippen molar-refractivity contribution in [2.75, 3.05) is 13.6 Å². The highest BCUT2D eigenvalue weighted by Crippen LogP contribution is 2.12. The van der Waals surface area contributed by atoms with E-state index < -0.39 is 0 Å². The molecule has 0 saturated heterocycles. The van der Waals surface area contributed by atoms with Crippen LogP contribution in [-0.4, -0.2) is 18.6 Å². The molecule has 0 aliphatic carbocycles. The summed E-state index contributed by atoms with van der Waals surface area (Å²) in [6, 6.07) is 2.05. The lowest BCUT2D eigenvalue weighted by molar-refractivity contribution is 0.884. The molecule has 0 aliphatic rings. The van der Waals surface area contributed by atoms with Gasteiger partial charge in [0.25, 0.3) is 0 Å². The Bertz CT molecular complexity index is 308. The van der Waals surface area contributed by atoms with Crippen molar-refractivity contribution < 1.29 is 0 Å². The molecule has 0 atom stereocenters. The van der Waals surface area contributed by atoms with Crippen LogP contribution in [0, 0.1) is 0 Å². The Morgan fingerprint density at radius 2 is 2.38 bits per heavy atom. The number of nitrogens with one attached hydrogen (secondary N) is 1. The Morgan fingerprint density at radius 3 is 3.00 bits per heavy atom. The first-order valence-corrected chi connectivity index (χ1v) is 4.94. The Balaban J connectivity index is 2.78. The highest BCUT2D eigenvalue weighted by Gasteiger charge is 1.92. The van der Waals surface area contributed by atoms with Gasteiger partial charge in [-0.3, -0.25) is 4.98 Å². The molecule has 0 aliphatic heterocycles. The van der Waals surface area contributed by atoms with Crippen LogP contribution >= 0.6 is 15.9 Å². The van der Waals surface area contributed by atoms with Gasteiger partial charge in [0.15, 0.2) is 0 Å². The molecule has 13 heavy (non-hydrogen) atoms. The van der Waals surface area contributed by atoms with E-state index >= 15 is 0 Å². The van der Waals surface area contributed by atoms with Gasteiger partial charge < -0.3 is 5.32 Å². The third kappa shape index (κ3) is 3.70. The monoisotopic (exact) mass is 240 g/mol. The standard InChI is InChI=1S/C10H13BrN2/c1-8(5-12-2)3-9-4-10(11)7-13-6-9/h3-4,6-7,12H,5H2,1-2H3/b8-3+. The molecule has 0 fully saturated rings. The Kier molecular flexibility index (Phi) is 4.12. The minimum atomic E-state index is 0.909. The summed E-state index contributed by atoms with van der Waals surface area (Å²) < 4.78 is 1.01. The fraction of sp³-hybridized carbons (Fsp3) is 0.300. The summed E-state index contributed by atoms with van der Waals surface area (Å²) in [7, 11) is 1.94. The van der Waals surface area contributed by atoms with Crippen molar-refractivity contribution in [3.63, 3.8) is 0 Å². The van der Waals surface area contributed by atoms with Gasteiger partial charge in [0.2, 0.25) is 0 Å². The summed E-state index contributed by atoms with van der Waals surface area (Å²) in [4.78, 5) is 4.09. The molecule has 0 bridgehead atoms. The van der Waals surface area contributed by atoms with Crippen molar-refractivity contribution in [3.8, 4) is 0 Å². The largest absolute Gasteiger partial charge is 0.316 e. The number of hydrogen-bond acceptors (Lipinski definition) is 2. The van der Waals surface area contributed by atoms with Gasteiger partial charge in [0, 0.05) is 23.4 Å². The topological polar surface area (TPSA) is 24.9 Å². The van der Waals surface area contributed by atoms with Crippen LogP contribution in [0.4, 0.5) is 0 Å². The molecule has 3 heteroatoms. The molecule has 1 aromatic heterocycles. The van der Waals surface area contributed by atoms with E-state index in [2.05, 4.69) is 39.2 Å². The average Bonchev–Trinajstić information content (AvgIpc) is 2.04. The van der Waals surface area contributed by atoms with Crippen molar-refractivity contribution in [2.45, 2.75) is 6.92 Å². The van der Waals surface area contributed by atoms with Crippen LogP contribution < -0.4 is 5.32 Å². The van der Waals surface area contributed by atoms with Crippen molar-refractivity contribution in [2.24, 2.45) is 0 Å². The van der Waals surface area contributed by atoms with E-state index in [4.69, 9.17) is 0 Å². The number of hydrogen-bond donors (Lipinski definition) is 1. The van der Waals surface area contributed by atoms with Gasteiger partial charge in [-0.15, -0.1) is 0 Å². The second kappa shape index (κ2) is 5.14. The number of likely N-dealkylation sites (N-methyl/N-ethyl adjacent to an activating group) is 1. The second-order valence-electron chi connectivity index (χ2n) is 2.96. The SMILES string of the molecule is CNC/C(C)=C/c1cncc(Br)c1. The van der Waals surface area contributed by atoms with Crippen LogP contribution in [0.1, 0.15) is 12.5 Å². The minimum absolute atomic E-state index is 0.909. The van der Waals surface area contributed by atoms with Crippen molar-refractivity contribution in [3.05, 3.63) is 34.1 Å². The van der Waals surface area contributed by atoms with Crippen molar-refractivity contribution >= 4 is 22.0 Å². The predicted octanol–water partition coefficient (Wildman–Crippen LogP) is 2.47. The number of halogens is 1. The molecule has 70 valence electrons. The van der Waals surface area contributed by atoms with E-state index in [1.54, 1.807) is 6.20 Å². The van der Waals surface area contributed by atoms with Crippen LogP contribution in [-0.2, 0) is 0 Å². The van der Waals surface area contributed by atoms with E-state index in [9.17, 15) is 0 Å². The molecular formula is C10H13BrN2. The van der Waals surface area contributed by atoms with E-state index in [-0.39, 0.29) is 0 Å². The Hall–Kier alpha value is -0.670. The van der Waals surface area contributed by atoms with E-state index in [0.717, 1.165) is 16.6 Å². The van der Waals surface area contributed by atoms with Crippen LogP contribution in [0.2, 0.25) is 0 Å². The lowest BCUT2D eigenvalue weighted by Gasteiger charge is -1.99. The summed E-state index contributed by atoms with van der Waals surface area (Å²) in [5, 5.41) is 3.10. The molecule has 0 amide bonds. The molecule has 1 N–H and O–H groups in total. The van der Waals surface area contributed by atoms with Gasteiger partial charge in [0.05, 0.1) is 0 Å². The smallest absolute Gasteiger partial charge is 0.0410 e. The van der Waals surface area contributed by atoms with Crippen LogP contribution in [0.25, 0.3) is 6.08 Å². The van der Waals surface area contributed by atoms with E-state index in [0.29, 0.717) is 0 Å². The highest BCUT2D eigenvalue weighted by molar-refractivity contribution is 9.10.